The predicted octanol–water partition coefficient (Wildman–Crippen LogP) is 4.04. The van der Waals surface area contributed by atoms with Crippen LogP contribution in [-0.4, -0.2) is 34.2 Å². The van der Waals surface area contributed by atoms with Crippen LogP contribution in [0.2, 0.25) is 30.7 Å². The molecular formula is C17H22ClN5OSi. The second-order valence-corrected chi connectivity index (χ2v) is 13.2. The van der Waals surface area contributed by atoms with Crippen molar-refractivity contribution in [1.29, 1.82) is 0 Å². The van der Waals surface area contributed by atoms with E-state index >= 15 is 0 Å². The fourth-order valence-corrected chi connectivity index (χ4v) is 3.46. The summed E-state index contributed by atoms with van der Waals surface area (Å²) in [6.45, 7) is 8.11. The van der Waals surface area contributed by atoms with E-state index in [9.17, 15) is 0 Å². The lowest BCUT2D eigenvalue weighted by molar-refractivity contribution is 0.0909. The number of anilines is 1. The van der Waals surface area contributed by atoms with Crippen molar-refractivity contribution in [2.45, 2.75) is 32.4 Å². The molecule has 2 N–H and O–H groups in total. The highest BCUT2D eigenvalue weighted by Gasteiger charge is 2.16. The van der Waals surface area contributed by atoms with Crippen molar-refractivity contribution >= 4 is 36.7 Å². The maximum Gasteiger partial charge on any atom is 0.220 e. The van der Waals surface area contributed by atoms with Gasteiger partial charge in [0.05, 0.1) is 16.4 Å². The molecule has 25 heavy (non-hydrogen) atoms. The third-order valence-electron chi connectivity index (χ3n) is 3.90. The van der Waals surface area contributed by atoms with E-state index in [1.54, 1.807) is 18.5 Å². The zero-order valence-corrected chi connectivity index (χ0v) is 16.4. The van der Waals surface area contributed by atoms with E-state index < -0.39 is 8.07 Å². The monoisotopic (exact) mass is 375 g/mol. The summed E-state index contributed by atoms with van der Waals surface area (Å²) in [5.74, 6) is 0.230. The smallest absolute Gasteiger partial charge is 0.220 e. The van der Waals surface area contributed by atoms with Crippen LogP contribution >= 0.6 is 11.6 Å². The number of hydrogen-bond acceptors (Lipinski definition) is 5. The summed E-state index contributed by atoms with van der Waals surface area (Å²) in [4.78, 5) is 12.8. The lowest BCUT2D eigenvalue weighted by Gasteiger charge is -2.16. The molecular weight excluding hydrogens is 354 g/mol. The zero-order chi connectivity index (χ0) is 18.0. The van der Waals surface area contributed by atoms with Gasteiger partial charge in [0, 0.05) is 32.5 Å². The Bertz CT molecular complexity index is 890. The number of fused-ring (bicyclic) bond motifs is 1. The first-order valence-corrected chi connectivity index (χ1v) is 12.2. The van der Waals surface area contributed by atoms with E-state index in [-0.39, 0.29) is 5.95 Å². The van der Waals surface area contributed by atoms with Gasteiger partial charge in [0.1, 0.15) is 12.4 Å². The predicted molar refractivity (Wildman–Crippen MR) is 104 cm³/mol. The maximum atomic E-state index is 6.34. The molecule has 0 atom stereocenters. The van der Waals surface area contributed by atoms with Gasteiger partial charge in [-0.15, -0.1) is 0 Å². The summed E-state index contributed by atoms with van der Waals surface area (Å²) < 4.78 is 7.91. The normalized spacial score (nSPS) is 12.0. The van der Waals surface area contributed by atoms with Gasteiger partial charge in [0.25, 0.3) is 0 Å². The highest BCUT2D eigenvalue weighted by molar-refractivity contribution is 6.76. The van der Waals surface area contributed by atoms with Crippen LogP contribution in [0.3, 0.4) is 0 Å². The van der Waals surface area contributed by atoms with Crippen molar-refractivity contribution in [3.63, 3.8) is 0 Å². The van der Waals surface area contributed by atoms with Gasteiger partial charge < -0.3 is 10.5 Å². The standard InChI is InChI=1S/C17H22ClN5OSi/c1-25(2,3)9-8-24-11-23-15(14-5-7-21-17(19)22-14)10-12-13(18)4-6-20-16(12)23/h4-7,10H,8-9,11H2,1-3H3,(H2,19,21,22). The Hall–Kier alpha value is -1.96. The van der Waals surface area contributed by atoms with Crippen LogP contribution < -0.4 is 5.73 Å². The van der Waals surface area contributed by atoms with Crippen molar-refractivity contribution in [2.75, 3.05) is 12.3 Å². The Kier molecular flexibility index (Phi) is 5.08. The molecule has 0 fully saturated rings. The molecule has 0 radical (unpaired) electrons. The van der Waals surface area contributed by atoms with Crippen LogP contribution in [0.5, 0.6) is 0 Å². The summed E-state index contributed by atoms with van der Waals surface area (Å²) in [5.41, 5.74) is 8.09. The molecule has 0 saturated carbocycles. The average Bonchev–Trinajstić information content (AvgIpc) is 2.91. The second-order valence-electron chi connectivity index (χ2n) is 7.14. The summed E-state index contributed by atoms with van der Waals surface area (Å²) >= 11 is 6.34. The highest BCUT2D eigenvalue weighted by atomic mass is 35.5. The number of ether oxygens (including phenoxy) is 1. The number of hydrogen-bond donors (Lipinski definition) is 1. The van der Waals surface area contributed by atoms with Gasteiger partial charge in [0.15, 0.2) is 0 Å². The average molecular weight is 376 g/mol. The van der Waals surface area contributed by atoms with Crippen LogP contribution in [0.25, 0.3) is 22.4 Å². The molecule has 3 aromatic heterocycles. The minimum Gasteiger partial charge on any atom is -0.368 e. The van der Waals surface area contributed by atoms with Crippen molar-refractivity contribution < 1.29 is 4.74 Å². The first-order valence-electron chi connectivity index (χ1n) is 8.15. The number of nitrogens with two attached hydrogens (primary N) is 1. The molecule has 3 rings (SSSR count). The van der Waals surface area contributed by atoms with Gasteiger partial charge in [-0.25, -0.2) is 15.0 Å². The molecule has 8 heteroatoms. The molecule has 0 bridgehead atoms. The van der Waals surface area contributed by atoms with Gasteiger partial charge in [-0.3, -0.25) is 4.57 Å². The van der Waals surface area contributed by atoms with E-state index in [4.69, 9.17) is 22.1 Å². The minimum absolute atomic E-state index is 0.230. The van der Waals surface area contributed by atoms with Crippen molar-refractivity contribution in [3.05, 3.63) is 35.6 Å². The van der Waals surface area contributed by atoms with E-state index in [0.29, 0.717) is 11.8 Å². The molecule has 3 heterocycles. The summed E-state index contributed by atoms with van der Waals surface area (Å²) in [7, 11) is -1.14. The Labute approximate surface area is 153 Å². The van der Waals surface area contributed by atoms with Crippen LogP contribution in [0, 0.1) is 0 Å². The molecule has 0 unspecified atom stereocenters. The number of rotatable bonds is 6. The van der Waals surface area contributed by atoms with Crippen LogP contribution in [0.4, 0.5) is 5.95 Å². The molecule has 0 aliphatic rings. The zero-order valence-electron chi connectivity index (χ0n) is 14.7. The number of pyridine rings is 1. The Balaban J connectivity index is 1.96. The highest BCUT2D eigenvalue weighted by Crippen LogP contribution is 2.30. The fraction of sp³-hybridized carbons (Fsp3) is 0.353. The summed E-state index contributed by atoms with van der Waals surface area (Å²) in [6.07, 6.45) is 3.34. The first-order chi connectivity index (χ1) is 11.8. The van der Waals surface area contributed by atoms with Crippen LogP contribution in [0.15, 0.2) is 30.6 Å². The third-order valence-corrected chi connectivity index (χ3v) is 5.93. The van der Waals surface area contributed by atoms with Gasteiger partial charge in [-0.1, -0.05) is 31.2 Å². The van der Waals surface area contributed by atoms with Crippen molar-refractivity contribution in [3.8, 4) is 11.4 Å². The SMILES string of the molecule is C[Si](C)(C)CCOCn1c(-c2ccnc(N)n2)cc2c(Cl)ccnc21. The van der Waals surface area contributed by atoms with E-state index in [1.807, 2.05) is 16.7 Å². The molecule has 0 aliphatic heterocycles. The molecule has 0 aliphatic carbocycles. The van der Waals surface area contributed by atoms with E-state index in [1.165, 1.54) is 0 Å². The van der Waals surface area contributed by atoms with Gasteiger partial charge in [0.2, 0.25) is 5.95 Å². The summed E-state index contributed by atoms with van der Waals surface area (Å²) in [6, 6.07) is 6.67. The molecule has 0 amide bonds. The minimum atomic E-state index is -1.14. The number of nitrogens with zero attached hydrogens (tertiary/aromatic N) is 4. The quantitative estimate of drug-likeness (QED) is 0.519. The van der Waals surface area contributed by atoms with Crippen LogP contribution in [0.1, 0.15) is 0 Å². The lowest BCUT2D eigenvalue weighted by atomic mass is 10.2. The number of halogens is 1. The molecule has 6 nitrogen and oxygen atoms in total. The summed E-state index contributed by atoms with van der Waals surface area (Å²) in [5, 5.41) is 1.51. The Morgan fingerprint density at radius 3 is 2.68 bits per heavy atom. The first kappa shape index (κ1) is 17.8. The third kappa shape index (κ3) is 4.17. The van der Waals surface area contributed by atoms with E-state index in [0.717, 1.165) is 35.1 Å². The van der Waals surface area contributed by atoms with Crippen LogP contribution in [-0.2, 0) is 11.5 Å². The Morgan fingerprint density at radius 1 is 1.20 bits per heavy atom. The number of aromatic nitrogens is 4. The van der Waals surface area contributed by atoms with Gasteiger partial charge in [-0.2, -0.15) is 0 Å². The maximum absolute atomic E-state index is 6.34. The molecule has 0 aromatic carbocycles. The molecule has 132 valence electrons. The second kappa shape index (κ2) is 7.11. The molecule has 3 aromatic rings. The molecule has 0 spiro atoms. The van der Waals surface area contributed by atoms with Crippen molar-refractivity contribution in [2.24, 2.45) is 0 Å². The number of nitrogen functional groups attached to an aromatic ring is 1. The van der Waals surface area contributed by atoms with Gasteiger partial charge in [-0.05, 0) is 24.2 Å². The van der Waals surface area contributed by atoms with E-state index in [2.05, 4.69) is 34.6 Å². The van der Waals surface area contributed by atoms with Gasteiger partial charge >= 0.3 is 0 Å². The Morgan fingerprint density at radius 2 is 1.96 bits per heavy atom. The van der Waals surface area contributed by atoms with Crippen molar-refractivity contribution in [1.82, 2.24) is 19.5 Å². The largest absolute Gasteiger partial charge is 0.368 e. The lowest BCUT2D eigenvalue weighted by Crippen LogP contribution is -2.22. The molecule has 0 saturated heterocycles. The topological polar surface area (TPSA) is 78.9 Å². The fourth-order valence-electron chi connectivity index (χ4n) is 2.51.